The number of nitrogens with zero attached hydrogens (tertiary/aromatic N) is 1. The molecule has 1 saturated carbocycles. The number of rotatable bonds is 4. The largest absolute Gasteiger partial charge is 0.408 e. The predicted molar refractivity (Wildman–Crippen MR) is 85.3 cm³/mol. The van der Waals surface area contributed by atoms with Gasteiger partial charge in [0.1, 0.15) is 0 Å². The third-order valence-electron chi connectivity index (χ3n) is 4.78. The summed E-state index contributed by atoms with van der Waals surface area (Å²) < 4.78 is 11.3. The van der Waals surface area contributed by atoms with E-state index in [1.54, 1.807) is 6.07 Å². The van der Waals surface area contributed by atoms with Gasteiger partial charge < -0.3 is 9.47 Å². The molecule has 1 fully saturated rings. The van der Waals surface area contributed by atoms with Gasteiger partial charge in [0.2, 0.25) is 5.88 Å². The van der Waals surface area contributed by atoms with Crippen LogP contribution in [-0.2, 0) is 16.1 Å². The third kappa shape index (κ3) is 2.75. The van der Waals surface area contributed by atoms with E-state index < -0.39 is 0 Å². The highest BCUT2D eigenvalue weighted by atomic mass is 16.5. The molecule has 3 atom stereocenters. The molecule has 2 aliphatic rings. The van der Waals surface area contributed by atoms with Crippen LogP contribution in [0.3, 0.4) is 0 Å². The number of pyridine rings is 1. The molecule has 0 unspecified atom stereocenters. The van der Waals surface area contributed by atoms with Crippen molar-refractivity contribution in [3.8, 4) is 5.88 Å². The van der Waals surface area contributed by atoms with Crippen LogP contribution in [0.4, 0.5) is 0 Å². The first-order valence-corrected chi connectivity index (χ1v) is 8.05. The number of fused-ring (bicyclic) bond motifs is 5. The molecule has 0 N–H and O–H groups in total. The molecule has 0 spiro atoms. The van der Waals surface area contributed by atoms with Gasteiger partial charge in [-0.3, -0.25) is 4.79 Å². The average Bonchev–Trinajstić information content (AvgIpc) is 3.12. The van der Waals surface area contributed by atoms with Crippen molar-refractivity contribution in [3.63, 3.8) is 0 Å². The van der Waals surface area contributed by atoms with Crippen LogP contribution in [0.5, 0.6) is 5.88 Å². The molecule has 4 nitrogen and oxygen atoms in total. The second-order valence-electron chi connectivity index (χ2n) is 6.33. The Morgan fingerprint density at radius 1 is 1.17 bits per heavy atom. The molecule has 0 saturated heterocycles. The number of hydrogen-bond donors (Lipinski definition) is 0. The van der Waals surface area contributed by atoms with Crippen molar-refractivity contribution in [2.45, 2.75) is 44.3 Å². The van der Waals surface area contributed by atoms with E-state index in [0.717, 1.165) is 18.5 Å². The van der Waals surface area contributed by atoms with E-state index in [0.29, 0.717) is 24.3 Å². The van der Waals surface area contributed by atoms with Gasteiger partial charge in [0, 0.05) is 24.8 Å². The van der Waals surface area contributed by atoms with Crippen LogP contribution in [0.1, 0.15) is 48.4 Å². The topological polar surface area (TPSA) is 48.4 Å². The summed E-state index contributed by atoms with van der Waals surface area (Å²) in [7, 11) is 0. The predicted octanol–water partition coefficient (Wildman–Crippen LogP) is 3.57. The van der Waals surface area contributed by atoms with E-state index >= 15 is 0 Å². The SMILES string of the molecule is CC(=O)Oc1ccc2c(n1)[C@@H]1C[C@@H](OCc3ccccc3)[C@H]2C1. The normalized spacial score (nSPS) is 24.5. The summed E-state index contributed by atoms with van der Waals surface area (Å²) in [6, 6.07) is 14.1. The van der Waals surface area contributed by atoms with Crippen LogP contribution in [0, 0.1) is 0 Å². The van der Waals surface area contributed by atoms with E-state index in [4.69, 9.17) is 9.47 Å². The maximum absolute atomic E-state index is 11.1. The molecule has 2 aromatic rings. The smallest absolute Gasteiger partial charge is 0.309 e. The van der Waals surface area contributed by atoms with Crippen molar-refractivity contribution >= 4 is 5.97 Å². The fraction of sp³-hybridized carbons (Fsp3) is 0.368. The Morgan fingerprint density at radius 2 is 2.00 bits per heavy atom. The first-order valence-electron chi connectivity index (χ1n) is 8.05. The van der Waals surface area contributed by atoms with Crippen molar-refractivity contribution in [3.05, 3.63) is 59.3 Å². The summed E-state index contributed by atoms with van der Waals surface area (Å²) in [6.45, 7) is 2.05. The lowest BCUT2D eigenvalue weighted by molar-refractivity contribution is -0.132. The summed E-state index contributed by atoms with van der Waals surface area (Å²) in [5.41, 5.74) is 3.56. The molecule has 0 radical (unpaired) electrons. The van der Waals surface area contributed by atoms with Gasteiger partial charge in [0.05, 0.1) is 18.4 Å². The monoisotopic (exact) mass is 309 g/mol. The lowest BCUT2D eigenvalue weighted by atomic mass is 9.93. The number of ether oxygens (including phenoxy) is 2. The Bertz CT molecular complexity index is 729. The average molecular weight is 309 g/mol. The van der Waals surface area contributed by atoms with Crippen LogP contribution >= 0.6 is 0 Å². The van der Waals surface area contributed by atoms with E-state index in [2.05, 4.69) is 17.1 Å². The second kappa shape index (κ2) is 5.78. The summed E-state index contributed by atoms with van der Waals surface area (Å²) in [4.78, 5) is 15.6. The van der Waals surface area contributed by atoms with Gasteiger partial charge >= 0.3 is 5.97 Å². The van der Waals surface area contributed by atoms with Gasteiger partial charge in [0.25, 0.3) is 0 Å². The number of hydrogen-bond acceptors (Lipinski definition) is 4. The number of benzene rings is 1. The van der Waals surface area contributed by atoms with Crippen LogP contribution in [0.25, 0.3) is 0 Å². The highest BCUT2D eigenvalue weighted by Crippen LogP contribution is 2.53. The van der Waals surface area contributed by atoms with Gasteiger partial charge in [-0.1, -0.05) is 36.4 Å². The van der Waals surface area contributed by atoms with Gasteiger partial charge in [-0.25, -0.2) is 4.98 Å². The number of carbonyl (C=O) groups excluding carboxylic acids is 1. The van der Waals surface area contributed by atoms with Crippen molar-refractivity contribution in [1.82, 2.24) is 4.98 Å². The minimum atomic E-state index is -0.329. The lowest BCUT2D eigenvalue weighted by Crippen LogP contribution is -2.20. The number of esters is 1. The lowest BCUT2D eigenvalue weighted by Gasteiger charge is -2.24. The fourth-order valence-electron chi connectivity index (χ4n) is 3.82. The molecular formula is C19H19NO3. The van der Waals surface area contributed by atoms with Crippen molar-refractivity contribution in [1.29, 1.82) is 0 Å². The maximum Gasteiger partial charge on any atom is 0.309 e. The molecule has 0 aliphatic heterocycles. The van der Waals surface area contributed by atoms with E-state index in [9.17, 15) is 4.79 Å². The van der Waals surface area contributed by atoms with Gasteiger partial charge in [0.15, 0.2) is 0 Å². The quantitative estimate of drug-likeness (QED) is 0.810. The molecule has 118 valence electrons. The number of carbonyl (C=O) groups is 1. The van der Waals surface area contributed by atoms with E-state index in [1.807, 2.05) is 24.3 Å². The maximum atomic E-state index is 11.1. The highest BCUT2D eigenvalue weighted by molar-refractivity contribution is 5.68. The molecule has 4 rings (SSSR count). The molecular weight excluding hydrogens is 290 g/mol. The zero-order chi connectivity index (χ0) is 15.8. The Balaban J connectivity index is 1.47. The zero-order valence-corrected chi connectivity index (χ0v) is 13.1. The van der Waals surface area contributed by atoms with Gasteiger partial charge in [-0.2, -0.15) is 0 Å². The van der Waals surface area contributed by atoms with Crippen molar-refractivity contribution in [2.75, 3.05) is 0 Å². The standard InChI is InChI=1S/C19H19NO3/c1-12(21)23-18-8-7-15-16-9-14(19(15)20-18)10-17(16)22-11-13-5-3-2-4-6-13/h2-8,14,16-17H,9-11H2,1H3/t14-,16-,17+/m0/s1. The second-order valence-corrected chi connectivity index (χ2v) is 6.33. The molecule has 23 heavy (non-hydrogen) atoms. The van der Waals surface area contributed by atoms with Crippen LogP contribution < -0.4 is 4.74 Å². The first kappa shape index (κ1) is 14.4. The molecule has 0 amide bonds. The highest BCUT2D eigenvalue weighted by Gasteiger charge is 2.45. The number of aromatic nitrogens is 1. The first-order chi connectivity index (χ1) is 11.2. The fourth-order valence-corrected chi connectivity index (χ4v) is 3.82. The molecule has 4 heteroatoms. The Kier molecular flexibility index (Phi) is 3.62. The van der Waals surface area contributed by atoms with Crippen molar-refractivity contribution < 1.29 is 14.3 Å². The van der Waals surface area contributed by atoms with Gasteiger partial charge in [-0.15, -0.1) is 0 Å². The summed E-state index contributed by atoms with van der Waals surface area (Å²) in [5.74, 6) is 0.916. The summed E-state index contributed by atoms with van der Waals surface area (Å²) in [5, 5.41) is 0. The molecule has 1 aromatic carbocycles. The van der Waals surface area contributed by atoms with E-state index in [1.165, 1.54) is 18.1 Å². The van der Waals surface area contributed by atoms with Crippen molar-refractivity contribution in [2.24, 2.45) is 0 Å². The minimum absolute atomic E-state index is 0.258. The molecule has 2 bridgehead atoms. The Morgan fingerprint density at radius 3 is 2.78 bits per heavy atom. The third-order valence-corrected chi connectivity index (χ3v) is 4.78. The van der Waals surface area contributed by atoms with Gasteiger partial charge in [-0.05, 0) is 24.0 Å². The zero-order valence-electron chi connectivity index (χ0n) is 13.1. The minimum Gasteiger partial charge on any atom is -0.408 e. The summed E-state index contributed by atoms with van der Waals surface area (Å²) >= 11 is 0. The Labute approximate surface area is 135 Å². The summed E-state index contributed by atoms with van der Waals surface area (Å²) in [6.07, 6.45) is 2.35. The van der Waals surface area contributed by atoms with Crippen LogP contribution in [0.15, 0.2) is 42.5 Å². The Hall–Kier alpha value is -2.20. The van der Waals surface area contributed by atoms with Crippen LogP contribution in [0.2, 0.25) is 0 Å². The molecule has 1 aromatic heterocycles. The van der Waals surface area contributed by atoms with Crippen LogP contribution in [-0.4, -0.2) is 17.1 Å². The molecule has 2 aliphatic carbocycles. The van der Waals surface area contributed by atoms with E-state index in [-0.39, 0.29) is 12.1 Å². The molecule has 1 heterocycles.